The van der Waals surface area contributed by atoms with Gasteiger partial charge in [-0.2, -0.15) is 0 Å². The minimum Gasteiger partial charge on any atom is -0.488 e. The number of hydrogen-bond donors (Lipinski definition) is 1. The van der Waals surface area contributed by atoms with E-state index in [0.717, 1.165) is 5.56 Å². The maximum absolute atomic E-state index is 11.8. The molecule has 0 aliphatic carbocycles. The maximum atomic E-state index is 11.8. The lowest BCUT2D eigenvalue weighted by atomic mass is 10.2. The fraction of sp³-hybridized carbons (Fsp3) is 0.333. The highest BCUT2D eigenvalue weighted by atomic mass is 35.5. The topological polar surface area (TPSA) is 35.2 Å². The quantitative estimate of drug-likeness (QED) is 0.848. The number of rotatable bonds is 4. The van der Waals surface area contributed by atoms with E-state index in [9.17, 15) is 8.78 Å². The summed E-state index contributed by atoms with van der Waals surface area (Å²) in [6.07, 6.45) is -2.49. The molecule has 0 bridgehead atoms. The van der Waals surface area contributed by atoms with E-state index in [4.69, 9.17) is 22.1 Å². The highest BCUT2D eigenvalue weighted by Crippen LogP contribution is 2.21. The Balaban J connectivity index is 2.71. The third kappa shape index (κ3) is 3.47. The van der Waals surface area contributed by atoms with E-state index in [0.29, 0.717) is 17.3 Å². The first-order chi connectivity index (χ1) is 6.61. The van der Waals surface area contributed by atoms with Crippen LogP contribution >= 0.6 is 11.6 Å². The Hall–Kier alpha value is -0.870. The van der Waals surface area contributed by atoms with E-state index < -0.39 is 13.0 Å². The van der Waals surface area contributed by atoms with Crippen LogP contribution in [0.25, 0.3) is 0 Å². The molecule has 0 heterocycles. The average Bonchev–Trinajstić information content (AvgIpc) is 2.14. The second-order valence-corrected chi connectivity index (χ2v) is 3.14. The smallest absolute Gasteiger partial charge is 0.272 e. The fourth-order valence-corrected chi connectivity index (χ4v) is 1.23. The fourth-order valence-electron chi connectivity index (χ4n) is 0.981. The molecule has 0 fully saturated rings. The standard InChI is InChI=1S/C9H10ClF2NO/c10-7-1-6(4-13)2-8(3-7)14-5-9(11)12/h1-3,9H,4-5,13H2. The molecule has 1 rings (SSSR count). The Kier molecular flexibility index (Phi) is 4.10. The van der Waals surface area contributed by atoms with Gasteiger partial charge < -0.3 is 10.5 Å². The van der Waals surface area contributed by atoms with Gasteiger partial charge in [0.25, 0.3) is 6.43 Å². The van der Waals surface area contributed by atoms with Gasteiger partial charge in [-0.1, -0.05) is 11.6 Å². The molecule has 0 spiro atoms. The minimum absolute atomic E-state index is 0.297. The van der Waals surface area contributed by atoms with E-state index >= 15 is 0 Å². The average molecular weight is 222 g/mol. The molecule has 5 heteroatoms. The van der Waals surface area contributed by atoms with Gasteiger partial charge in [0, 0.05) is 11.6 Å². The maximum Gasteiger partial charge on any atom is 0.272 e. The number of ether oxygens (including phenoxy) is 1. The second kappa shape index (κ2) is 5.12. The molecule has 78 valence electrons. The molecule has 14 heavy (non-hydrogen) atoms. The van der Waals surface area contributed by atoms with Crippen molar-refractivity contribution in [2.24, 2.45) is 5.73 Å². The van der Waals surface area contributed by atoms with E-state index in [1.807, 2.05) is 0 Å². The summed E-state index contributed by atoms with van der Waals surface area (Å²) in [6, 6.07) is 4.73. The molecular formula is C9H10ClF2NO. The third-order valence-electron chi connectivity index (χ3n) is 1.54. The van der Waals surface area contributed by atoms with Gasteiger partial charge in [0.1, 0.15) is 12.4 Å². The molecule has 2 nitrogen and oxygen atoms in total. The van der Waals surface area contributed by atoms with E-state index in [-0.39, 0.29) is 0 Å². The highest BCUT2D eigenvalue weighted by Gasteiger charge is 2.05. The Morgan fingerprint density at radius 1 is 1.36 bits per heavy atom. The zero-order valence-electron chi connectivity index (χ0n) is 7.34. The lowest BCUT2D eigenvalue weighted by Crippen LogP contribution is -2.07. The van der Waals surface area contributed by atoms with Crippen LogP contribution in [0.15, 0.2) is 18.2 Å². The predicted molar refractivity (Wildman–Crippen MR) is 50.8 cm³/mol. The van der Waals surface area contributed by atoms with Crippen LogP contribution in [-0.4, -0.2) is 13.0 Å². The summed E-state index contributed by atoms with van der Waals surface area (Å²) in [5.41, 5.74) is 6.13. The second-order valence-electron chi connectivity index (χ2n) is 2.70. The number of benzene rings is 1. The molecule has 2 N–H and O–H groups in total. The molecule has 0 aliphatic heterocycles. The third-order valence-corrected chi connectivity index (χ3v) is 1.76. The molecule has 0 amide bonds. The van der Waals surface area contributed by atoms with Gasteiger partial charge in [-0.05, 0) is 23.8 Å². The van der Waals surface area contributed by atoms with Crippen molar-refractivity contribution in [3.05, 3.63) is 28.8 Å². The largest absolute Gasteiger partial charge is 0.488 e. The zero-order chi connectivity index (χ0) is 10.6. The SMILES string of the molecule is NCc1cc(Cl)cc(OCC(F)F)c1. The number of hydrogen-bond acceptors (Lipinski definition) is 2. The van der Waals surface area contributed by atoms with Crippen LogP contribution in [-0.2, 0) is 6.54 Å². The van der Waals surface area contributed by atoms with Crippen molar-refractivity contribution in [3.63, 3.8) is 0 Å². The van der Waals surface area contributed by atoms with Crippen molar-refractivity contribution >= 4 is 11.6 Å². The molecule has 0 saturated carbocycles. The molecule has 0 aliphatic rings. The lowest BCUT2D eigenvalue weighted by molar-refractivity contribution is 0.0819. The monoisotopic (exact) mass is 221 g/mol. The summed E-state index contributed by atoms with van der Waals surface area (Å²) >= 11 is 5.72. The normalized spacial score (nSPS) is 10.6. The van der Waals surface area contributed by atoms with Crippen LogP contribution in [0.1, 0.15) is 5.56 Å². The number of halogens is 3. The zero-order valence-corrected chi connectivity index (χ0v) is 8.10. The van der Waals surface area contributed by atoms with Gasteiger partial charge in [-0.15, -0.1) is 0 Å². The van der Waals surface area contributed by atoms with Crippen LogP contribution in [0.4, 0.5) is 8.78 Å². The van der Waals surface area contributed by atoms with Gasteiger partial charge in [0.05, 0.1) is 0 Å². The summed E-state index contributed by atoms with van der Waals surface area (Å²) in [5.74, 6) is 0.318. The minimum atomic E-state index is -2.49. The molecule has 0 atom stereocenters. The van der Waals surface area contributed by atoms with Crippen LogP contribution in [0.5, 0.6) is 5.75 Å². The molecule has 1 aromatic carbocycles. The molecule has 0 aromatic heterocycles. The summed E-state index contributed by atoms with van der Waals surface area (Å²) in [7, 11) is 0. The van der Waals surface area contributed by atoms with Crippen LogP contribution in [0.2, 0.25) is 5.02 Å². The van der Waals surface area contributed by atoms with Gasteiger partial charge in [-0.25, -0.2) is 8.78 Å². The Morgan fingerprint density at radius 2 is 2.07 bits per heavy atom. The van der Waals surface area contributed by atoms with E-state index in [1.54, 1.807) is 12.1 Å². The Bertz CT molecular complexity index is 307. The summed E-state index contributed by atoms with van der Waals surface area (Å²) in [4.78, 5) is 0. The molecule has 0 saturated heterocycles. The molecule has 1 aromatic rings. The van der Waals surface area contributed by atoms with E-state index in [1.165, 1.54) is 6.07 Å². The first-order valence-electron chi connectivity index (χ1n) is 4.02. The van der Waals surface area contributed by atoms with Crippen LogP contribution in [0.3, 0.4) is 0 Å². The molecule has 0 radical (unpaired) electrons. The van der Waals surface area contributed by atoms with Crippen molar-refractivity contribution in [1.29, 1.82) is 0 Å². The van der Waals surface area contributed by atoms with Gasteiger partial charge >= 0.3 is 0 Å². The van der Waals surface area contributed by atoms with Crippen molar-refractivity contribution in [2.45, 2.75) is 13.0 Å². The highest BCUT2D eigenvalue weighted by molar-refractivity contribution is 6.30. The Morgan fingerprint density at radius 3 is 2.64 bits per heavy atom. The van der Waals surface area contributed by atoms with Gasteiger partial charge in [0.2, 0.25) is 0 Å². The van der Waals surface area contributed by atoms with Crippen LogP contribution in [0, 0.1) is 0 Å². The summed E-state index contributed by atoms with van der Waals surface area (Å²) in [6.45, 7) is -0.337. The summed E-state index contributed by atoms with van der Waals surface area (Å²) < 4.78 is 28.4. The van der Waals surface area contributed by atoms with Gasteiger partial charge in [-0.3, -0.25) is 0 Å². The van der Waals surface area contributed by atoms with E-state index in [2.05, 4.69) is 0 Å². The molecule has 0 unspecified atom stereocenters. The first-order valence-corrected chi connectivity index (χ1v) is 4.40. The van der Waals surface area contributed by atoms with Crippen molar-refractivity contribution in [3.8, 4) is 5.75 Å². The predicted octanol–water partition coefficient (Wildman–Crippen LogP) is 2.44. The van der Waals surface area contributed by atoms with Crippen molar-refractivity contribution in [1.82, 2.24) is 0 Å². The molecular weight excluding hydrogens is 212 g/mol. The van der Waals surface area contributed by atoms with Crippen LogP contribution < -0.4 is 10.5 Å². The van der Waals surface area contributed by atoms with Crippen molar-refractivity contribution in [2.75, 3.05) is 6.61 Å². The lowest BCUT2D eigenvalue weighted by Gasteiger charge is -2.07. The first kappa shape index (κ1) is 11.2. The number of nitrogens with two attached hydrogens (primary N) is 1. The Labute approximate surface area is 85.6 Å². The summed E-state index contributed by atoms with van der Waals surface area (Å²) in [5, 5.41) is 0.428. The number of alkyl halides is 2. The van der Waals surface area contributed by atoms with Gasteiger partial charge in [0.15, 0.2) is 0 Å². The van der Waals surface area contributed by atoms with Crippen molar-refractivity contribution < 1.29 is 13.5 Å².